The largest absolute Gasteiger partial charge is 0.322 e. The van der Waals surface area contributed by atoms with Crippen molar-refractivity contribution in [2.75, 3.05) is 5.32 Å². The molecule has 3 rings (SSSR count). The second-order valence-corrected chi connectivity index (χ2v) is 6.16. The highest BCUT2D eigenvalue weighted by Gasteiger charge is 2.12. The van der Waals surface area contributed by atoms with Gasteiger partial charge < -0.3 is 5.32 Å². The summed E-state index contributed by atoms with van der Waals surface area (Å²) in [7, 11) is 0. The number of benzene rings is 1. The maximum atomic E-state index is 13.5. The fourth-order valence-corrected chi connectivity index (χ4v) is 2.97. The van der Waals surface area contributed by atoms with E-state index in [9.17, 15) is 18.4 Å². The highest BCUT2D eigenvalue weighted by atomic mass is 32.1. The first-order chi connectivity index (χ1) is 10.9. The van der Waals surface area contributed by atoms with E-state index < -0.39 is 17.5 Å². The molecule has 1 N–H and O–H groups in total. The zero-order valence-corrected chi connectivity index (χ0v) is 12.8. The van der Waals surface area contributed by atoms with E-state index in [2.05, 4.69) is 10.3 Å². The summed E-state index contributed by atoms with van der Waals surface area (Å²) in [5, 5.41) is 2.74. The van der Waals surface area contributed by atoms with E-state index >= 15 is 0 Å². The van der Waals surface area contributed by atoms with Crippen LogP contribution in [-0.4, -0.2) is 15.5 Å². The number of hydrogen-bond acceptors (Lipinski definition) is 4. The molecule has 0 fully saturated rings. The van der Waals surface area contributed by atoms with Crippen molar-refractivity contribution in [3.63, 3.8) is 0 Å². The molecule has 0 atom stereocenters. The summed E-state index contributed by atoms with van der Waals surface area (Å²) in [6, 6.07) is 4.54. The molecule has 0 spiro atoms. The average Bonchev–Trinajstić information content (AvgIpc) is 2.87. The van der Waals surface area contributed by atoms with Crippen LogP contribution in [0.15, 0.2) is 35.4 Å². The zero-order valence-electron chi connectivity index (χ0n) is 12.0. The molecule has 3 aromatic rings. The fourth-order valence-electron chi connectivity index (χ4n) is 2.13. The minimum absolute atomic E-state index is 0.148. The quantitative estimate of drug-likeness (QED) is 0.800. The number of hydrogen-bond donors (Lipinski definition) is 1. The Kier molecular flexibility index (Phi) is 3.91. The molecule has 0 aliphatic heterocycles. The van der Waals surface area contributed by atoms with E-state index in [1.54, 1.807) is 6.07 Å². The standard InChI is InChI=1S/C15H11F2N3O2S/c1-8-4-10-14(23-8)18-7-20(15(10)22)6-13(21)19-12-3-2-9(16)5-11(12)17/h2-5,7H,6H2,1H3,(H,19,21). The second kappa shape index (κ2) is 5.88. The number of carbonyl (C=O) groups is 1. The number of fused-ring (bicyclic) bond motifs is 1. The van der Waals surface area contributed by atoms with Gasteiger partial charge in [0.05, 0.1) is 17.4 Å². The minimum Gasteiger partial charge on any atom is -0.322 e. The van der Waals surface area contributed by atoms with Crippen LogP contribution in [0.2, 0.25) is 0 Å². The summed E-state index contributed by atoms with van der Waals surface area (Å²) in [4.78, 5) is 29.9. The summed E-state index contributed by atoms with van der Waals surface area (Å²) in [6.07, 6.45) is 1.28. The van der Waals surface area contributed by atoms with Gasteiger partial charge in [0.15, 0.2) is 0 Å². The lowest BCUT2D eigenvalue weighted by atomic mass is 10.3. The van der Waals surface area contributed by atoms with Crippen molar-refractivity contribution < 1.29 is 13.6 Å². The smallest absolute Gasteiger partial charge is 0.262 e. The monoisotopic (exact) mass is 335 g/mol. The number of rotatable bonds is 3. The molecular weight excluding hydrogens is 324 g/mol. The molecule has 1 aromatic carbocycles. The van der Waals surface area contributed by atoms with Gasteiger partial charge in [-0.1, -0.05) is 0 Å². The first-order valence-electron chi connectivity index (χ1n) is 6.64. The molecule has 2 heterocycles. The molecule has 0 unspecified atom stereocenters. The number of aryl methyl sites for hydroxylation is 1. The Bertz CT molecular complexity index is 965. The van der Waals surface area contributed by atoms with Crippen LogP contribution in [0.4, 0.5) is 14.5 Å². The van der Waals surface area contributed by atoms with Gasteiger partial charge in [0.2, 0.25) is 5.91 Å². The number of amides is 1. The molecule has 0 saturated heterocycles. The van der Waals surface area contributed by atoms with Gasteiger partial charge in [-0.15, -0.1) is 11.3 Å². The van der Waals surface area contributed by atoms with Crippen molar-refractivity contribution in [3.8, 4) is 0 Å². The molecule has 0 radical (unpaired) electrons. The SMILES string of the molecule is Cc1cc2c(=O)n(CC(=O)Nc3ccc(F)cc3F)cnc2s1. The number of halogens is 2. The molecule has 8 heteroatoms. The third kappa shape index (κ3) is 3.11. The van der Waals surface area contributed by atoms with Gasteiger partial charge in [-0.2, -0.15) is 0 Å². The van der Waals surface area contributed by atoms with E-state index in [0.29, 0.717) is 16.3 Å². The maximum absolute atomic E-state index is 13.5. The summed E-state index contributed by atoms with van der Waals surface area (Å²) in [5.41, 5.74) is -0.487. The molecule has 2 aromatic heterocycles. The number of thiophene rings is 1. The van der Waals surface area contributed by atoms with Crippen LogP contribution in [0.1, 0.15) is 4.88 Å². The molecule has 0 aliphatic rings. The number of anilines is 1. The molecule has 1 amide bonds. The molecule has 23 heavy (non-hydrogen) atoms. The molecule has 0 aliphatic carbocycles. The van der Waals surface area contributed by atoms with E-state index in [4.69, 9.17) is 0 Å². The number of nitrogens with one attached hydrogen (secondary N) is 1. The number of nitrogens with zero attached hydrogens (tertiary/aromatic N) is 2. The van der Waals surface area contributed by atoms with Crippen molar-refractivity contribution in [2.45, 2.75) is 13.5 Å². The van der Waals surface area contributed by atoms with Gasteiger partial charge in [-0.3, -0.25) is 14.2 Å². The van der Waals surface area contributed by atoms with E-state index in [-0.39, 0.29) is 17.8 Å². The Morgan fingerprint density at radius 1 is 1.35 bits per heavy atom. The summed E-state index contributed by atoms with van der Waals surface area (Å²) in [5.74, 6) is -2.22. The highest BCUT2D eigenvalue weighted by molar-refractivity contribution is 7.18. The molecule has 5 nitrogen and oxygen atoms in total. The van der Waals surface area contributed by atoms with Gasteiger partial charge in [0.1, 0.15) is 23.0 Å². The predicted octanol–water partition coefficient (Wildman–Crippen LogP) is 2.68. The van der Waals surface area contributed by atoms with Crippen LogP contribution in [0.3, 0.4) is 0 Å². The van der Waals surface area contributed by atoms with Crippen LogP contribution >= 0.6 is 11.3 Å². The fraction of sp³-hybridized carbons (Fsp3) is 0.133. The Morgan fingerprint density at radius 3 is 2.87 bits per heavy atom. The van der Waals surface area contributed by atoms with Gasteiger partial charge in [-0.05, 0) is 25.1 Å². The Morgan fingerprint density at radius 2 is 2.13 bits per heavy atom. The lowest BCUT2D eigenvalue weighted by Crippen LogP contribution is -2.27. The van der Waals surface area contributed by atoms with Gasteiger partial charge in [0.25, 0.3) is 5.56 Å². The highest BCUT2D eigenvalue weighted by Crippen LogP contribution is 2.19. The van der Waals surface area contributed by atoms with Crippen molar-refractivity contribution in [1.29, 1.82) is 0 Å². The van der Waals surface area contributed by atoms with Crippen LogP contribution < -0.4 is 10.9 Å². The van der Waals surface area contributed by atoms with Crippen molar-refractivity contribution >= 4 is 33.1 Å². The first kappa shape index (κ1) is 15.3. The number of carbonyl (C=O) groups excluding carboxylic acids is 1. The molecule has 0 saturated carbocycles. The van der Waals surface area contributed by atoms with Gasteiger partial charge in [0, 0.05) is 10.9 Å². The van der Waals surface area contributed by atoms with Crippen LogP contribution in [-0.2, 0) is 11.3 Å². The molecule has 0 bridgehead atoms. The Labute approximate surface area is 133 Å². The lowest BCUT2D eigenvalue weighted by Gasteiger charge is -2.08. The average molecular weight is 335 g/mol. The molecular formula is C15H11F2N3O2S. The lowest BCUT2D eigenvalue weighted by molar-refractivity contribution is -0.116. The summed E-state index contributed by atoms with van der Waals surface area (Å²) < 4.78 is 27.5. The second-order valence-electron chi connectivity index (χ2n) is 4.93. The zero-order chi connectivity index (χ0) is 16.6. The van der Waals surface area contributed by atoms with Crippen LogP contribution in [0.25, 0.3) is 10.2 Å². The summed E-state index contributed by atoms with van der Waals surface area (Å²) in [6.45, 7) is 1.55. The van der Waals surface area contributed by atoms with E-state index in [1.165, 1.54) is 17.7 Å². The van der Waals surface area contributed by atoms with Crippen LogP contribution in [0, 0.1) is 18.6 Å². The van der Waals surface area contributed by atoms with Gasteiger partial charge >= 0.3 is 0 Å². The Balaban J connectivity index is 1.82. The van der Waals surface area contributed by atoms with Crippen molar-refractivity contribution in [3.05, 3.63) is 57.5 Å². The predicted molar refractivity (Wildman–Crippen MR) is 83.6 cm³/mol. The van der Waals surface area contributed by atoms with Crippen LogP contribution in [0.5, 0.6) is 0 Å². The normalized spacial score (nSPS) is 10.9. The minimum atomic E-state index is -0.882. The third-order valence-corrected chi connectivity index (χ3v) is 4.12. The van der Waals surface area contributed by atoms with E-state index in [1.807, 2.05) is 6.92 Å². The Hall–Kier alpha value is -2.61. The topological polar surface area (TPSA) is 64.0 Å². The third-order valence-electron chi connectivity index (χ3n) is 3.16. The first-order valence-corrected chi connectivity index (χ1v) is 7.46. The molecule has 118 valence electrons. The maximum Gasteiger partial charge on any atom is 0.262 e. The van der Waals surface area contributed by atoms with Gasteiger partial charge in [-0.25, -0.2) is 13.8 Å². The van der Waals surface area contributed by atoms with Crippen molar-refractivity contribution in [1.82, 2.24) is 9.55 Å². The van der Waals surface area contributed by atoms with Crippen molar-refractivity contribution in [2.24, 2.45) is 0 Å². The van der Waals surface area contributed by atoms with E-state index in [0.717, 1.165) is 21.6 Å². The summed E-state index contributed by atoms with van der Waals surface area (Å²) >= 11 is 1.39. The number of aromatic nitrogens is 2.